The van der Waals surface area contributed by atoms with E-state index in [4.69, 9.17) is 31.1 Å². The minimum Gasteiger partial charge on any atom is -0.479 e. The first-order valence-electron chi connectivity index (χ1n) is 8.37. The van der Waals surface area contributed by atoms with Crippen LogP contribution in [0.4, 0.5) is 13.2 Å². The van der Waals surface area contributed by atoms with Crippen LogP contribution in [-0.2, 0) is 15.7 Å². The molecule has 154 valence electrons. The van der Waals surface area contributed by atoms with Crippen molar-refractivity contribution in [2.75, 3.05) is 0 Å². The lowest BCUT2D eigenvalue weighted by molar-refractivity contribution is -0.159. The first-order chi connectivity index (χ1) is 13.4. The number of halogens is 4. The lowest BCUT2D eigenvalue weighted by Gasteiger charge is -2.20. The molecule has 1 unspecified atom stereocenters. The smallest absolute Gasteiger partial charge is 0.416 e. The van der Waals surface area contributed by atoms with Gasteiger partial charge in [-0.2, -0.15) is 18.4 Å². The van der Waals surface area contributed by atoms with E-state index in [1.165, 1.54) is 45.0 Å². The average molecular weight is 428 g/mol. The van der Waals surface area contributed by atoms with Gasteiger partial charge in [0.05, 0.1) is 10.6 Å². The third kappa shape index (κ3) is 6.29. The van der Waals surface area contributed by atoms with Gasteiger partial charge < -0.3 is 14.2 Å². The Kier molecular flexibility index (Phi) is 6.65. The average Bonchev–Trinajstić information content (AvgIpc) is 2.63. The van der Waals surface area contributed by atoms with Crippen LogP contribution in [-0.4, -0.2) is 17.7 Å². The number of nitrogens with zero attached hydrogens (tertiary/aromatic N) is 1. The van der Waals surface area contributed by atoms with Crippen molar-refractivity contribution in [2.45, 2.75) is 38.7 Å². The molecule has 0 aliphatic heterocycles. The quantitative estimate of drug-likeness (QED) is 0.548. The van der Waals surface area contributed by atoms with Crippen molar-refractivity contribution in [3.8, 4) is 23.3 Å². The fourth-order valence-corrected chi connectivity index (χ4v) is 2.30. The molecular weight excluding hydrogens is 411 g/mol. The van der Waals surface area contributed by atoms with Crippen LogP contribution in [0.5, 0.6) is 17.2 Å². The van der Waals surface area contributed by atoms with Gasteiger partial charge in [0.15, 0.2) is 11.7 Å². The fraction of sp³-hybridized carbons (Fsp3) is 0.300. The molecule has 0 amide bonds. The van der Waals surface area contributed by atoms with Crippen LogP contribution < -0.4 is 9.47 Å². The largest absolute Gasteiger partial charge is 0.479 e. The summed E-state index contributed by atoms with van der Waals surface area (Å²) in [5.41, 5.74) is -2.15. The van der Waals surface area contributed by atoms with Gasteiger partial charge in [-0.1, -0.05) is 11.6 Å². The standard InChI is InChI=1S/C20H17ClF3NO4/c1-12(18(26)29-19(2,3)11-25)27-14-5-7-15(8-6-14)28-17-9-4-13(10-16(17)21)20(22,23)24/h4-10,12H,1-3H3. The van der Waals surface area contributed by atoms with Gasteiger partial charge in [0.1, 0.15) is 23.3 Å². The highest BCUT2D eigenvalue weighted by Gasteiger charge is 2.31. The van der Waals surface area contributed by atoms with E-state index >= 15 is 0 Å². The number of ether oxygens (including phenoxy) is 3. The molecule has 5 nitrogen and oxygen atoms in total. The van der Waals surface area contributed by atoms with E-state index in [-0.39, 0.29) is 10.8 Å². The third-order valence-corrected chi connectivity index (χ3v) is 3.88. The van der Waals surface area contributed by atoms with Gasteiger partial charge in [0.25, 0.3) is 0 Å². The number of carbonyl (C=O) groups is 1. The van der Waals surface area contributed by atoms with E-state index in [1.807, 2.05) is 6.07 Å². The summed E-state index contributed by atoms with van der Waals surface area (Å²) < 4.78 is 54.0. The van der Waals surface area contributed by atoms with E-state index < -0.39 is 29.4 Å². The number of benzene rings is 2. The molecule has 2 aromatic carbocycles. The Labute approximate surface area is 170 Å². The second kappa shape index (κ2) is 8.62. The zero-order valence-electron chi connectivity index (χ0n) is 15.7. The number of carbonyl (C=O) groups excluding carboxylic acids is 1. The molecule has 9 heteroatoms. The highest BCUT2D eigenvalue weighted by Crippen LogP contribution is 2.36. The molecule has 29 heavy (non-hydrogen) atoms. The lowest BCUT2D eigenvalue weighted by Crippen LogP contribution is -2.34. The molecule has 0 aliphatic rings. The number of alkyl halides is 3. The summed E-state index contributed by atoms with van der Waals surface area (Å²) in [4.78, 5) is 11.9. The summed E-state index contributed by atoms with van der Waals surface area (Å²) >= 11 is 5.86. The molecule has 0 aliphatic carbocycles. The van der Waals surface area contributed by atoms with Crippen molar-refractivity contribution >= 4 is 17.6 Å². The van der Waals surface area contributed by atoms with Crippen molar-refractivity contribution in [3.05, 3.63) is 53.1 Å². The van der Waals surface area contributed by atoms with Gasteiger partial charge in [-0.15, -0.1) is 0 Å². The molecule has 0 heterocycles. The summed E-state index contributed by atoms with van der Waals surface area (Å²) in [5.74, 6) is -0.00707. The van der Waals surface area contributed by atoms with E-state index in [0.29, 0.717) is 11.5 Å². The second-order valence-electron chi connectivity index (χ2n) is 6.52. The summed E-state index contributed by atoms with van der Waals surface area (Å²) in [6.07, 6.45) is -5.46. The molecule has 0 N–H and O–H groups in total. The van der Waals surface area contributed by atoms with Gasteiger partial charge in [0.2, 0.25) is 0 Å². The predicted octanol–water partition coefficient (Wildman–Crippen LogP) is 5.76. The van der Waals surface area contributed by atoms with E-state index in [1.54, 1.807) is 0 Å². The topological polar surface area (TPSA) is 68.6 Å². The first kappa shape index (κ1) is 22.4. The van der Waals surface area contributed by atoms with Crippen LogP contribution in [0.15, 0.2) is 42.5 Å². The third-order valence-electron chi connectivity index (χ3n) is 3.58. The summed E-state index contributed by atoms with van der Waals surface area (Å²) in [6.45, 7) is 4.38. The Morgan fingerprint density at radius 2 is 1.69 bits per heavy atom. The van der Waals surface area contributed by atoms with E-state index in [0.717, 1.165) is 18.2 Å². The lowest BCUT2D eigenvalue weighted by atomic mass is 10.2. The maximum atomic E-state index is 12.7. The maximum absolute atomic E-state index is 12.7. The second-order valence-corrected chi connectivity index (χ2v) is 6.93. The molecule has 0 aromatic heterocycles. The number of hydrogen-bond donors (Lipinski definition) is 0. The zero-order chi connectivity index (χ0) is 21.8. The van der Waals surface area contributed by atoms with Crippen LogP contribution in [0, 0.1) is 11.3 Å². The Balaban J connectivity index is 2.02. The highest BCUT2D eigenvalue weighted by atomic mass is 35.5. The zero-order valence-corrected chi connectivity index (χ0v) is 16.5. The molecule has 0 spiro atoms. The van der Waals surface area contributed by atoms with Crippen LogP contribution in [0.2, 0.25) is 5.02 Å². The molecule has 1 atom stereocenters. The van der Waals surface area contributed by atoms with Gasteiger partial charge in [-0.3, -0.25) is 0 Å². The predicted molar refractivity (Wildman–Crippen MR) is 98.8 cm³/mol. The number of rotatable bonds is 6. The molecule has 2 rings (SSSR count). The minimum absolute atomic E-state index is 0.0593. The Hall–Kier alpha value is -2.92. The van der Waals surface area contributed by atoms with Crippen LogP contribution >= 0.6 is 11.6 Å². The molecular formula is C20H17ClF3NO4. The highest BCUT2D eigenvalue weighted by molar-refractivity contribution is 6.32. The molecule has 0 saturated carbocycles. The Morgan fingerprint density at radius 1 is 1.10 bits per heavy atom. The molecule has 0 bridgehead atoms. The Morgan fingerprint density at radius 3 is 2.21 bits per heavy atom. The van der Waals surface area contributed by atoms with Crippen molar-refractivity contribution in [1.29, 1.82) is 5.26 Å². The number of nitriles is 1. The summed E-state index contributed by atoms with van der Waals surface area (Å²) in [7, 11) is 0. The van der Waals surface area contributed by atoms with Gasteiger partial charge in [-0.25, -0.2) is 4.79 Å². The normalized spacial score (nSPS) is 12.6. The first-order valence-corrected chi connectivity index (χ1v) is 8.74. The maximum Gasteiger partial charge on any atom is 0.416 e. The van der Waals surface area contributed by atoms with Crippen molar-refractivity contribution in [1.82, 2.24) is 0 Å². The molecule has 0 radical (unpaired) electrons. The summed E-state index contributed by atoms with van der Waals surface area (Å²) in [5, 5.41) is 8.71. The van der Waals surface area contributed by atoms with E-state index in [2.05, 4.69) is 0 Å². The molecule has 0 saturated heterocycles. The van der Waals surface area contributed by atoms with Crippen molar-refractivity contribution in [2.24, 2.45) is 0 Å². The van der Waals surface area contributed by atoms with E-state index in [9.17, 15) is 18.0 Å². The molecule has 0 fully saturated rings. The Bertz CT molecular complexity index is 921. The van der Waals surface area contributed by atoms with Crippen molar-refractivity contribution in [3.63, 3.8) is 0 Å². The summed E-state index contributed by atoms with van der Waals surface area (Å²) in [6, 6.07) is 10.6. The van der Waals surface area contributed by atoms with Crippen LogP contribution in [0.25, 0.3) is 0 Å². The number of esters is 1. The monoisotopic (exact) mass is 427 g/mol. The SMILES string of the molecule is CC(Oc1ccc(Oc2ccc(C(F)(F)F)cc2Cl)cc1)C(=O)OC(C)(C)C#N. The van der Waals surface area contributed by atoms with Gasteiger partial charge in [-0.05, 0) is 63.2 Å². The number of hydrogen-bond acceptors (Lipinski definition) is 5. The van der Waals surface area contributed by atoms with Crippen molar-refractivity contribution < 1.29 is 32.2 Å². The fourth-order valence-electron chi connectivity index (χ4n) is 2.08. The molecule has 2 aromatic rings. The van der Waals surface area contributed by atoms with Crippen LogP contribution in [0.3, 0.4) is 0 Å². The minimum atomic E-state index is -4.50. The van der Waals surface area contributed by atoms with Gasteiger partial charge >= 0.3 is 12.1 Å². The van der Waals surface area contributed by atoms with Gasteiger partial charge in [0, 0.05) is 0 Å². The van der Waals surface area contributed by atoms with Crippen LogP contribution in [0.1, 0.15) is 26.3 Å².